The van der Waals surface area contributed by atoms with Crippen molar-refractivity contribution in [3.05, 3.63) is 29.8 Å². The average molecular weight is 277 g/mol. The molecule has 1 aromatic rings. The van der Waals surface area contributed by atoms with Crippen LogP contribution < -0.4 is 15.1 Å². The van der Waals surface area contributed by atoms with Crippen molar-refractivity contribution in [2.75, 3.05) is 44.6 Å². The summed E-state index contributed by atoms with van der Waals surface area (Å²) in [6, 6.07) is 7.97. The van der Waals surface area contributed by atoms with E-state index in [0.717, 1.165) is 12.2 Å². The summed E-state index contributed by atoms with van der Waals surface area (Å²) in [6.07, 6.45) is 0.616. The van der Waals surface area contributed by atoms with Crippen molar-refractivity contribution in [2.24, 2.45) is 0 Å². The van der Waals surface area contributed by atoms with Crippen LogP contribution >= 0.6 is 0 Å². The van der Waals surface area contributed by atoms with Gasteiger partial charge in [-0.2, -0.15) is 0 Å². The van der Waals surface area contributed by atoms with Gasteiger partial charge in [0.2, 0.25) is 5.91 Å². The molecule has 4 nitrogen and oxygen atoms in total. The highest BCUT2D eigenvalue weighted by atomic mass is 16.1. The zero-order valence-electron chi connectivity index (χ0n) is 12.7. The fourth-order valence-corrected chi connectivity index (χ4v) is 2.71. The average Bonchev–Trinajstić information content (AvgIpc) is 2.48. The van der Waals surface area contributed by atoms with E-state index in [1.807, 2.05) is 31.2 Å². The van der Waals surface area contributed by atoms with Crippen molar-refractivity contribution >= 4 is 11.6 Å². The molecule has 0 spiro atoms. The number of nitrogens with one attached hydrogen (secondary N) is 3. The number of hydrogen-bond acceptors (Lipinski definition) is 1. The minimum absolute atomic E-state index is 0.131. The van der Waals surface area contributed by atoms with E-state index in [0.29, 0.717) is 6.42 Å². The molecule has 1 saturated heterocycles. The van der Waals surface area contributed by atoms with Gasteiger partial charge < -0.3 is 15.1 Å². The molecule has 1 amide bonds. The smallest absolute Gasteiger partial charge is 0.230 e. The summed E-state index contributed by atoms with van der Waals surface area (Å²) in [4.78, 5) is 15.2. The van der Waals surface area contributed by atoms with E-state index in [-0.39, 0.29) is 5.91 Å². The summed E-state index contributed by atoms with van der Waals surface area (Å²) in [7, 11) is 0. The second-order valence-electron chi connectivity index (χ2n) is 5.77. The van der Waals surface area contributed by atoms with Gasteiger partial charge in [0.25, 0.3) is 0 Å². The van der Waals surface area contributed by atoms with Gasteiger partial charge in [-0.3, -0.25) is 4.79 Å². The lowest BCUT2D eigenvalue weighted by Gasteiger charge is -2.28. The molecule has 4 heteroatoms. The molecule has 0 aliphatic carbocycles. The second-order valence-corrected chi connectivity index (χ2v) is 5.77. The molecule has 0 radical (unpaired) electrons. The van der Waals surface area contributed by atoms with Crippen molar-refractivity contribution in [1.82, 2.24) is 0 Å². The zero-order chi connectivity index (χ0) is 14.4. The molecule has 1 aliphatic heterocycles. The fraction of sp³-hybridized carbons (Fsp3) is 0.562. The Morgan fingerprint density at radius 1 is 1.10 bits per heavy atom. The van der Waals surface area contributed by atoms with Crippen LogP contribution in [0.5, 0.6) is 0 Å². The normalized spacial score (nSPS) is 22.5. The minimum Gasteiger partial charge on any atom is -0.326 e. The largest absolute Gasteiger partial charge is 0.326 e. The first-order valence-corrected chi connectivity index (χ1v) is 7.71. The predicted octanol–water partition coefficient (Wildman–Crippen LogP) is -0.873. The van der Waals surface area contributed by atoms with E-state index in [9.17, 15) is 4.79 Å². The monoisotopic (exact) mass is 277 g/mol. The number of quaternary nitrogens is 2. The summed E-state index contributed by atoms with van der Waals surface area (Å²) < 4.78 is 0. The fourth-order valence-electron chi connectivity index (χ4n) is 2.71. The van der Waals surface area contributed by atoms with Crippen molar-refractivity contribution in [1.29, 1.82) is 0 Å². The Balaban J connectivity index is 1.69. The zero-order valence-corrected chi connectivity index (χ0v) is 12.7. The molecule has 2 rings (SSSR count). The molecule has 0 bridgehead atoms. The van der Waals surface area contributed by atoms with Gasteiger partial charge in [-0.1, -0.05) is 17.7 Å². The molecule has 0 aromatic heterocycles. The molecule has 3 N–H and O–H groups in total. The lowest BCUT2D eigenvalue weighted by atomic mass is 10.2. The van der Waals surface area contributed by atoms with Crippen LogP contribution in [-0.4, -0.2) is 45.2 Å². The molecule has 1 fully saturated rings. The summed E-state index contributed by atoms with van der Waals surface area (Å²) in [6.45, 7) is 11.3. The SMILES string of the molecule is CC[NH+]1CC[NH+](CCC(=O)Nc2ccc(C)cc2)CC1. The van der Waals surface area contributed by atoms with Gasteiger partial charge in [-0.15, -0.1) is 0 Å². The summed E-state index contributed by atoms with van der Waals surface area (Å²) in [5.41, 5.74) is 2.11. The highest BCUT2D eigenvalue weighted by Gasteiger charge is 2.21. The Hall–Kier alpha value is -1.39. The Morgan fingerprint density at radius 2 is 1.70 bits per heavy atom. The number of anilines is 1. The van der Waals surface area contributed by atoms with E-state index >= 15 is 0 Å². The topological polar surface area (TPSA) is 38.0 Å². The first-order chi connectivity index (χ1) is 9.67. The Morgan fingerprint density at radius 3 is 2.30 bits per heavy atom. The quantitative estimate of drug-likeness (QED) is 0.643. The second kappa shape index (κ2) is 7.41. The van der Waals surface area contributed by atoms with E-state index in [2.05, 4.69) is 12.2 Å². The van der Waals surface area contributed by atoms with E-state index in [4.69, 9.17) is 0 Å². The standard InChI is InChI=1S/C16H25N3O/c1-3-18-10-12-19(13-11-18)9-8-16(20)17-15-6-4-14(2)5-7-15/h4-7H,3,8-13H2,1-2H3,(H,17,20)/p+2. The third-order valence-electron chi connectivity index (χ3n) is 4.21. The number of piperazine rings is 1. The van der Waals surface area contributed by atoms with Crippen molar-refractivity contribution in [2.45, 2.75) is 20.3 Å². The van der Waals surface area contributed by atoms with Gasteiger partial charge in [0.15, 0.2) is 0 Å². The van der Waals surface area contributed by atoms with Gasteiger partial charge in [-0.05, 0) is 26.0 Å². The van der Waals surface area contributed by atoms with Crippen LogP contribution in [0.1, 0.15) is 18.9 Å². The molecule has 110 valence electrons. The number of carbonyl (C=O) groups excluding carboxylic acids is 1. The number of aryl methyl sites for hydroxylation is 1. The minimum atomic E-state index is 0.131. The first kappa shape index (κ1) is 15.0. The maximum absolute atomic E-state index is 11.9. The van der Waals surface area contributed by atoms with Gasteiger partial charge >= 0.3 is 0 Å². The third-order valence-corrected chi connectivity index (χ3v) is 4.21. The summed E-state index contributed by atoms with van der Waals surface area (Å²) in [5, 5.41) is 2.97. The number of hydrogen-bond donors (Lipinski definition) is 3. The Labute approximate surface area is 121 Å². The molecule has 0 atom stereocenters. The highest BCUT2D eigenvalue weighted by Crippen LogP contribution is 2.08. The van der Waals surface area contributed by atoms with Gasteiger partial charge in [-0.25, -0.2) is 0 Å². The predicted molar refractivity (Wildman–Crippen MR) is 81.2 cm³/mol. The van der Waals surface area contributed by atoms with Crippen LogP contribution in [0.2, 0.25) is 0 Å². The Kier molecular flexibility index (Phi) is 5.56. The number of rotatable bonds is 5. The third kappa shape index (κ3) is 4.62. The molecule has 1 aliphatic rings. The number of likely N-dealkylation sites (N-methyl/N-ethyl adjacent to an activating group) is 1. The van der Waals surface area contributed by atoms with Crippen LogP contribution in [0.3, 0.4) is 0 Å². The lowest BCUT2D eigenvalue weighted by Crippen LogP contribution is -3.28. The van der Waals surface area contributed by atoms with Crippen LogP contribution in [0.15, 0.2) is 24.3 Å². The van der Waals surface area contributed by atoms with E-state index in [1.54, 1.807) is 9.80 Å². The van der Waals surface area contributed by atoms with Crippen LogP contribution in [0.25, 0.3) is 0 Å². The van der Waals surface area contributed by atoms with Crippen LogP contribution in [-0.2, 0) is 4.79 Å². The first-order valence-electron chi connectivity index (χ1n) is 7.71. The lowest BCUT2D eigenvalue weighted by molar-refractivity contribution is -1.01. The molecule has 20 heavy (non-hydrogen) atoms. The van der Waals surface area contributed by atoms with Crippen molar-refractivity contribution in [3.8, 4) is 0 Å². The van der Waals surface area contributed by atoms with Crippen molar-refractivity contribution < 1.29 is 14.6 Å². The van der Waals surface area contributed by atoms with Crippen LogP contribution in [0.4, 0.5) is 5.69 Å². The number of benzene rings is 1. The molecule has 1 aromatic carbocycles. The van der Waals surface area contributed by atoms with Crippen molar-refractivity contribution in [3.63, 3.8) is 0 Å². The maximum Gasteiger partial charge on any atom is 0.230 e. The molecule has 0 unspecified atom stereocenters. The van der Waals surface area contributed by atoms with Gasteiger partial charge in [0, 0.05) is 5.69 Å². The molecule has 1 heterocycles. The van der Waals surface area contributed by atoms with Gasteiger partial charge in [0.1, 0.15) is 26.2 Å². The molecular formula is C16H27N3O+2. The number of amides is 1. The van der Waals surface area contributed by atoms with E-state index in [1.165, 1.54) is 38.3 Å². The number of carbonyl (C=O) groups is 1. The molecular weight excluding hydrogens is 250 g/mol. The molecule has 0 saturated carbocycles. The van der Waals surface area contributed by atoms with Crippen LogP contribution in [0, 0.1) is 6.92 Å². The summed E-state index contributed by atoms with van der Waals surface area (Å²) in [5.74, 6) is 0.131. The van der Waals surface area contributed by atoms with Gasteiger partial charge in [0.05, 0.1) is 19.5 Å². The Bertz CT molecular complexity index is 422. The highest BCUT2D eigenvalue weighted by molar-refractivity contribution is 5.90. The van der Waals surface area contributed by atoms with E-state index < -0.39 is 0 Å². The summed E-state index contributed by atoms with van der Waals surface area (Å²) >= 11 is 0. The maximum atomic E-state index is 11.9.